The van der Waals surface area contributed by atoms with Gasteiger partial charge in [0, 0.05) is 13.1 Å². The molecule has 2 N–H and O–H groups in total. The number of H-pyrrole nitrogens is 1. The number of carbonyl (C=O) groups is 1. The molecule has 9 nitrogen and oxygen atoms in total. The normalized spacial score (nSPS) is 19.2. The van der Waals surface area contributed by atoms with Crippen LogP contribution in [0.15, 0.2) is 44.4 Å². The second kappa shape index (κ2) is 9.57. The molecule has 0 radical (unpaired) electrons. The van der Waals surface area contributed by atoms with Crippen molar-refractivity contribution >= 4 is 21.8 Å². The standard InChI is InChI=1S/C26H27BrN4O5/c1-14-9-18(10-15(2)23(14)36-19-7-8-21(32)20(27)11-19)31-26(35)28-24(33)22(29-31)25(34)30-12-16-3-4-17(13-30)6-5-16/h7-11,16-17,32H,3-6,12-13H2,1-2H3,(H,28,33,35). The zero-order valence-corrected chi connectivity index (χ0v) is 21.7. The molecule has 2 aliphatic heterocycles. The summed E-state index contributed by atoms with van der Waals surface area (Å²) in [6.07, 6.45) is 4.41. The van der Waals surface area contributed by atoms with Gasteiger partial charge in [-0.1, -0.05) is 0 Å². The molecule has 188 valence electrons. The van der Waals surface area contributed by atoms with Gasteiger partial charge >= 0.3 is 5.69 Å². The minimum Gasteiger partial charge on any atom is -0.507 e. The number of aromatic amines is 1. The largest absolute Gasteiger partial charge is 0.507 e. The smallest absolute Gasteiger partial charge is 0.349 e. The second-order valence-electron chi connectivity index (χ2n) is 9.74. The molecular weight excluding hydrogens is 528 g/mol. The highest BCUT2D eigenvalue weighted by Gasteiger charge is 2.33. The monoisotopic (exact) mass is 554 g/mol. The summed E-state index contributed by atoms with van der Waals surface area (Å²) < 4.78 is 7.59. The highest BCUT2D eigenvalue weighted by molar-refractivity contribution is 9.10. The van der Waals surface area contributed by atoms with Gasteiger partial charge in [-0.25, -0.2) is 4.79 Å². The van der Waals surface area contributed by atoms with Crippen LogP contribution in [0.1, 0.15) is 47.3 Å². The first-order valence-corrected chi connectivity index (χ1v) is 12.8. The van der Waals surface area contributed by atoms with E-state index in [1.807, 2.05) is 13.8 Å². The molecule has 3 heterocycles. The van der Waals surface area contributed by atoms with Gasteiger partial charge in [0.15, 0.2) is 0 Å². The second-order valence-corrected chi connectivity index (χ2v) is 10.6. The van der Waals surface area contributed by atoms with Gasteiger partial charge in [0.25, 0.3) is 11.5 Å². The number of amides is 1. The van der Waals surface area contributed by atoms with Gasteiger partial charge in [0.1, 0.15) is 17.2 Å². The van der Waals surface area contributed by atoms with Crippen LogP contribution >= 0.6 is 15.9 Å². The quantitative estimate of drug-likeness (QED) is 0.502. The number of halogens is 1. The fraction of sp³-hybridized carbons (Fsp3) is 0.385. The van der Waals surface area contributed by atoms with Gasteiger partial charge in [-0.3, -0.25) is 14.6 Å². The van der Waals surface area contributed by atoms with E-state index in [1.165, 1.54) is 6.07 Å². The molecule has 2 saturated heterocycles. The summed E-state index contributed by atoms with van der Waals surface area (Å²) in [5.41, 5.74) is 0.0969. The number of hydrogen-bond acceptors (Lipinski definition) is 6. The Morgan fingerprint density at radius 1 is 1.06 bits per heavy atom. The van der Waals surface area contributed by atoms with Gasteiger partial charge in [-0.15, -0.1) is 0 Å². The van der Waals surface area contributed by atoms with E-state index in [9.17, 15) is 19.5 Å². The predicted octanol–water partition coefficient (Wildman–Crippen LogP) is 4.06. The average molecular weight is 555 g/mol. The van der Waals surface area contributed by atoms with Gasteiger partial charge in [0.2, 0.25) is 5.69 Å². The average Bonchev–Trinajstić information content (AvgIpc) is 3.17. The first kappa shape index (κ1) is 24.3. The maximum atomic E-state index is 13.3. The molecule has 1 amide bonds. The van der Waals surface area contributed by atoms with Crippen molar-refractivity contribution in [2.45, 2.75) is 39.5 Å². The first-order chi connectivity index (χ1) is 17.2. The number of carbonyl (C=O) groups excluding carboxylic acids is 1. The molecule has 1 saturated carbocycles. The van der Waals surface area contributed by atoms with Crippen LogP contribution < -0.4 is 16.0 Å². The molecule has 6 rings (SSSR count). The number of ether oxygens (including phenoxy) is 1. The van der Waals surface area contributed by atoms with Crippen molar-refractivity contribution < 1.29 is 14.6 Å². The first-order valence-electron chi connectivity index (χ1n) is 12.0. The van der Waals surface area contributed by atoms with Gasteiger partial charge in [-0.05, 0) is 109 Å². The molecule has 3 aromatic rings. The van der Waals surface area contributed by atoms with Crippen LogP contribution in [-0.2, 0) is 0 Å². The van der Waals surface area contributed by atoms with Crippen LogP contribution in [-0.4, -0.2) is 43.8 Å². The van der Waals surface area contributed by atoms with Crippen molar-refractivity contribution in [3.05, 3.63) is 72.5 Å². The van der Waals surface area contributed by atoms with Crippen LogP contribution in [0.5, 0.6) is 17.2 Å². The number of aromatic nitrogens is 3. The fourth-order valence-electron chi connectivity index (χ4n) is 5.20. The Kier molecular flexibility index (Phi) is 6.46. The lowest BCUT2D eigenvalue weighted by Crippen LogP contribution is -2.42. The summed E-state index contributed by atoms with van der Waals surface area (Å²) in [7, 11) is 0. The van der Waals surface area contributed by atoms with Crippen molar-refractivity contribution in [3.63, 3.8) is 0 Å². The lowest BCUT2D eigenvalue weighted by Gasteiger charge is -2.22. The number of aryl methyl sites for hydroxylation is 2. The van der Waals surface area contributed by atoms with Crippen molar-refractivity contribution in [1.29, 1.82) is 0 Å². The summed E-state index contributed by atoms with van der Waals surface area (Å²) in [6, 6.07) is 8.25. The van der Waals surface area contributed by atoms with Gasteiger partial charge in [-0.2, -0.15) is 9.78 Å². The van der Waals surface area contributed by atoms with Crippen molar-refractivity contribution in [2.75, 3.05) is 13.1 Å². The predicted molar refractivity (Wildman–Crippen MR) is 137 cm³/mol. The zero-order chi connectivity index (χ0) is 25.6. The van der Waals surface area contributed by atoms with Crippen LogP contribution in [0.3, 0.4) is 0 Å². The number of hydrogen-bond donors (Lipinski definition) is 2. The van der Waals surface area contributed by atoms with Crippen LogP contribution in [0.25, 0.3) is 5.69 Å². The van der Waals surface area contributed by atoms with E-state index in [4.69, 9.17) is 4.74 Å². The molecule has 0 spiro atoms. The highest BCUT2D eigenvalue weighted by Crippen LogP contribution is 2.35. The number of aromatic hydroxyl groups is 1. The Morgan fingerprint density at radius 2 is 1.67 bits per heavy atom. The molecule has 0 unspecified atom stereocenters. The molecule has 36 heavy (non-hydrogen) atoms. The fourth-order valence-corrected chi connectivity index (χ4v) is 5.56. The van der Waals surface area contributed by atoms with Crippen molar-refractivity contribution in [3.8, 4) is 22.9 Å². The number of fused-ring (bicyclic) bond motifs is 4. The Labute approximate surface area is 215 Å². The molecule has 2 aromatic carbocycles. The van der Waals surface area contributed by atoms with Gasteiger partial charge < -0.3 is 14.7 Å². The van der Waals surface area contributed by atoms with Crippen LogP contribution in [0.2, 0.25) is 0 Å². The maximum absolute atomic E-state index is 13.3. The molecule has 1 aromatic heterocycles. The number of benzene rings is 2. The topological polar surface area (TPSA) is 118 Å². The Hall–Kier alpha value is -3.40. The minimum absolute atomic E-state index is 0.104. The summed E-state index contributed by atoms with van der Waals surface area (Å²) in [6.45, 7) is 4.90. The number of phenolic OH excluding ortho intramolecular Hbond substituents is 1. The summed E-state index contributed by atoms with van der Waals surface area (Å²) in [5.74, 6) is 1.68. The molecular formula is C26H27BrN4O5. The number of phenols is 1. The van der Waals surface area contributed by atoms with Crippen molar-refractivity contribution in [1.82, 2.24) is 19.7 Å². The van der Waals surface area contributed by atoms with E-state index in [0.29, 0.717) is 46.6 Å². The van der Waals surface area contributed by atoms with Crippen LogP contribution in [0.4, 0.5) is 0 Å². The van der Waals surface area contributed by atoms with E-state index in [-0.39, 0.29) is 11.4 Å². The van der Waals surface area contributed by atoms with E-state index >= 15 is 0 Å². The highest BCUT2D eigenvalue weighted by atomic mass is 79.9. The third-order valence-corrected chi connectivity index (χ3v) is 7.71. The minimum atomic E-state index is -0.774. The van der Waals surface area contributed by atoms with Crippen molar-refractivity contribution in [2.24, 2.45) is 11.8 Å². The SMILES string of the molecule is Cc1cc(-n2nc(C(=O)N3CC4CCC(CC4)C3)c(=O)[nH]c2=O)cc(C)c1Oc1ccc(O)c(Br)c1. The molecule has 10 heteroatoms. The number of nitrogens with one attached hydrogen (secondary N) is 1. The number of rotatable bonds is 4. The summed E-state index contributed by atoms with van der Waals surface area (Å²) >= 11 is 3.28. The molecule has 1 aliphatic carbocycles. The number of nitrogens with zero attached hydrogens (tertiary/aromatic N) is 3. The van der Waals surface area contributed by atoms with E-state index in [1.54, 1.807) is 29.2 Å². The molecule has 3 aliphatic rings. The van der Waals surface area contributed by atoms with E-state index in [2.05, 4.69) is 26.0 Å². The molecule has 0 atom stereocenters. The van der Waals surface area contributed by atoms with E-state index < -0.39 is 17.2 Å². The zero-order valence-electron chi connectivity index (χ0n) is 20.1. The summed E-state index contributed by atoms with van der Waals surface area (Å²) in [4.78, 5) is 42.6. The lowest BCUT2D eigenvalue weighted by molar-refractivity contribution is 0.0729. The van der Waals surface area contributed by atoms with E-state index in [0.717, 1.165) is 41.5 Å². The third kappa shape index (κ3) is 4.69. The maximum Gasteiger partial charge on any atom is 0.349 e. The Morgan fingerprint density at radius 3 is 2.25 bits per heavy atom. The van der Waals surface area contributed by atoms with Crippen LogP contribution in [0, 0.1) is 25.7 Å². The molecule has 3 fully saturated rings. The summed E-state index contributed by atoms with van der Waals surface area (Å²) in [5, 5.41) is 14.0. The Bertz CT molecular complexity index is 1420. The molecule has 2 bridgehead atoms. The Balaban J connectivity index is 1.47. The third-order valence-electron chi connectivity index (χ3n) is 7.07. The lowest BCUT2D eigenvalue weighted by atomic mass is 9.84. The van der Waals surface area contributed by atoms with Gasteiger partial charge in [0.05, 0.1) is 10.2 Å².